The Hall–Kier alpha value is -3.16. The Morgan fingerprint density at radius 1 is 1.14 bits per heavy atom. The number of benzene rings is 1. The first kappa shape index (κ1) is 19.6. The van der Waals surface area contributed by atoms with Crippen LogP contribution < -0.4 is 19.5 Å². The van der Waals surface area contributed by atoms with Gasteiger partial charge < -0.3 is 14.2 Å². The zero-order valence-electron chi connectivity index (χ0n) is 16.4. The molecule has 0 saturated carbocycles. The molecule has 0 aliphatic heterocycles. The lowest BCUT2D eigenvalue weighted by atomic mass is 9.82. The fourth-order valence-corrected chi connectivity index (χ4v) is 3.29. The Bertz CT molecular complexity index is 888. The molecular formula is C20H23N3O5. The maximum Gasteiger partial charge on any atom is 0.229 e. The summed E-state index contributed by atoms with van der Waals surface area (Å²) in [5.74, 6) is 1.48. The van der Waals surface area contributed by atoms with Gasteiger partial charge in [-0.05, 0) is 30.0 Å². The predicted molar refractivity (Wildman–Crippen MR) is 102 cm³/mol. The van der Waals surface area contributed by atoms with Crippen LogP contribution in [0.15, 0.2) is 18.3 Å². The Balaban J connectivity index is 1.95. The van der Waals surface area contributed by atoms with Gasteiger partial charge in [0.15, 0.2) is 17.3 Å². The summed E-state index contributed by atoms with van der Waals surface area (Å²) in [6.07, 6.45) is 2.68. The molecule has 148 valence electrons. The smallest absolute Gasteiger partial charge is 0.229 e. The first-order valence-electron chi connectivity index (χ1n) is 8.99. The van der Waals surface area contributed by atoms with Crippen molar-refractivity contribution in [2.45, 2.75) is 32.1 Å². The number of anilines is 1. The van der Waals surface area contributed by atoms with Gasteiger partial charge in [-0.3, -0.25) is 14.9 Å². The van der Waals surface area contributed by atoms with Crippen LogP contribution >= 0.6 is 0 Å². The molecule has 0 saturated heterocycles. The molecule has 1 aromatic carbocycles. The molecule has 1 aliphatic rings. The van der Waals surface area contributed by atoms with Gasteiger partial charge in [-0.25, -0.2) is 9.97 Å². The number of rotatable bonds is 6. The zero-order valence-corrected chi connectivity index (χ0v) is 16.4. The second kappa shape index (κ2) is 8.24. The molecule has 3 rings (SSSR count). The highest BCUT2D eigenvalue weighted by Crippen LogP contribution is 2.42. The second-order valence-electron chi connectivity index (χ2n) is 6.44. The van der Waals surface area contributed by atoms with Crippen molar-refractivity contribution in [3.63, 3.8) is 0 Å². The largest absolute Gasteiger partial charge is 0.493 e. The molecule has 8 heteroatoms. The number of Topliss-reactive ketones (excluding diaryl/α,β-unsaturated/α-hetero) is 1. The third kappa shape index (κ3) is 3.76. The fraction of sp³-hybridized carbons (Fsp3) is 0.400. The highest BCUT2D eigenvalue weighted by atomic mass is 16.5. The number of carbonyl (C=O) groups excluding carboxylic acids is 2. The highest BCUT2D eigenvalue weighted by molar-refractivity contribution is 5.99. The monoisotopic (exact) mass is 385 g/mol. The van der Waals surface area contributed by atoms with Gasteiger partial charge in [0.05, 0.1) is 32.6 Å². The van der Waals surface area contributed by atoms with Crippen LogP contribution in [0.25, 0.3) is 0 Å². The van der Waals surface area contributed by atoms with E-state index in [-0.39, 0.29) is 23.6 Å². The van der Waals surface area contributed by atoms with Crippen molar-refractivity contribution in [1.29, 1.82) is 0 Å². The van der Waals surface area contributed by atoms with E-state index in [1.165, 1.54) is 6.20 Å². The molecule has 28 heavy (non-hydrogen) atoms. The highest BCUT2D eigenvalue weighted by Gasteiger charge is 2.29. The van der Waals surface area contributed by atoms with Crippen LogP contribution in [0.2, 0.25) is 0 Å². The second-order valence-corrected chi connectivity index (χ2v) is 6.44. The number of nitrogens with one attached hydrogen (secondary N) is 1. The van der Waals surface area contributed by atoms with Crippen molar-refractivity contribution in [3.05, 3.63) is 35.2 Å². The summed E-state index contributed by atoms with van der Waals surface area (Å²) in [7, 11) is 4.65. The third-order valence-electron chi connectivity index (χ3n) is 4.77. The maximum atomic E-state index is 12.6. The molecule has 0 fully saturated rings. The molecule has 1 aliphatic carbocycles. The van der Waals surface area contributed by atoms with Gasteiger partial charge in [0, 0.05) is 19.0 Å². The minimum Gasteiger partial charge on any atom is -0.493 e. The normalized spacial score (nSPS) is 15.6. The van der Waals surface area contributed by atoms with Gasteiger partial charge in [0.25, 0.3) is 0 Å². The molecule has 1 unspecified atom stereocenters. The van der Waals surface area contributed by atoms with Crippen molar-refractivity contribution in [2.75, 3.05) is 26.6 Å². The number of hydrogen-bond donors (Lipinski definition) is 1. The number of ether oxygens (including phenoxy) is 3. The zero-order chi connectivity index (χ0) is 20.3. The quantitative estimate of drug-likeness (QED) is 0.816. The average Bonchev–Trinajstić information content (AvgIpc) is 2.72. The summed E-state index contributed by atoms with van der Waals surface area (Å²) in [6, 6.07) is 3.70. The number of methoxy groups -OCH3 is 3. The third-order valence-corrected chi connectivity index (χ3v) is 4.77. The number of fused-ring (bicyclic) bond motifs is 1. The molecule has 0 spiro atoms. The number of aromatic nitrogens is 2. The Kier molecular flexibility index (Phi) is 5.77. The standard InChI is InChI=1S/C20H23N3O5/c1-5-18(25)23-20-21-10-13-14(22-20)6-11(7-15(13)24)12-8-16(26-2)19(28-4)17(9-12)27-3/h8-11H,5-7H2,1-4H3,(H,21,22,23,25). The van der Waals surface area contributed by atoms with Crippen molar-refractivity contribution < 1.29 is 23.8 Å². The lowest BCUT2D eigenvalue weighted by Gasteiger charge is -2.24. The summed E-state index contributed by atoms with van der Waals surface area (Å²) < 4.78 is 16.2. The number of nitrogens with zero attached hydrogens (tertiary/aromatic N) is 2. The van der Waals surface area contributed by atoms with E-state index in [0.717, 1.165) is 5.56 Å². The van der Waals surface area contributed by atoms with Crippen molar-refractivity contribution in [2.24, 2.45) is 0 Å². The van der Waals surface area contributed by atoms with Crippen LogP contribution in [0.1, 0.15) is 47.3 Å². The predicted octanol–water partition coefficient (Wildman–Crippen LogP) is 2.76. The van der Waals surface area contributed by atoms with Gasteiger partial charge in [-0.1, -0.05) is 6.92 Å². The average molecular weight is 385 g/mol. The van der Waals surface area contributed by atoms with Crippen LogP contribution in [0.5, 0.6) is 17.2 Å². The number of ketones is 1. The molecule has 0 bridgehead atoms. The molecule has 1 aromatic heterocycles. The molecule has 0 radical (unpaired) electrons. The topological polar surface area (TPSA) is 99.6 Å². The van der Waals surface area contributed by atoms with E-state index in [0.29, 0.717) is 47.8 Å². The van der Waals surface area contributed by atoms with Crippen molar-refractivity contribution in [3.8, 4) is 17.2 Å². The minimum absolute atomic E-state index is 0.0339. The number of carbonyl (C=O) groups is 2. The molecule has 2 aromatic rings. The molecule has 1 heterocycles. The Morgan fingerprint density at radius 3 is 2.39 bits per heavy atom. The first-order chi connectivity index (χ1) is 13.5. The maximum absolute atomic E-state index is 12.6. The lowest BCUT2D eigenvalue weighted by molar-refractivity contribution is -0.115. The van der Waals surface area contributed by atoms with Crippen LogP contribution in [-0.4, -0.2) is 43.0 Å². The molecule has 1 N–H and O–H groups in total. The van der Waals surface area contributed by atoms with E-state index in [1.54, 1.807) is 28.3 Å². The van der Waals surface area contributed by atoms with Gasteiger partial charge in [0.1, 0.15) is 0 Å². The van der Waals surface area contributed by atoms with Gasteiger partial charge in [-0.15, -0.1) is 0 Å². The summed E-state index contributed by atoms with van der Waals surface area (Å²) in [5.41, 5.74) is 2.01. The van der Waals surface area contributed by atoms with Gasteiger partial charge in [-0.2, -0.15) is 0 Å². The van der Waals surface area contributed by atoms with E-state index in [4.69, 9.17) is 14.2 Å². The van der Waals surface area contributed by atoms with Gasteiger partial charge in [0.2, 0.25) is 17.6 Å². The lowest BCUT2D eigenvalue weighted by Crippen LogP contribution is -2.22. The van der Waals surface area contributed by atoms with E-state index in [9.17, 15) is 9.59 Å². The van der Waals surface area contributed by atoms with Crippen LogP contribution in [-0.2, 0) is 11.2 Å². The summed E-state index contributed by atoms with van der Waals surface area (Å²) in [5, 5.41) is 2.63. The molecule has 8 nitrogen and oxygen atoms in total. The summed E-state index contributed by atoms with van der Waals surface area (Å²) in [6.45, 7) is 1.75. The van der Waals surface area contributed by atoms with Gasteiger partial charge >= 0.3 is 0 Å². The van der Waals surface area contributed by atoms with Crippen LogP contribution in [0.4, 0.5) is 5.95 Å². The minimum atomic E-state index is -0.178. The van der Waals surface area contributed by atoms with Crippen molar-refractivity contribution in [1.82, 2.24) is 9.97 Å². The molecule has 1 amide bonds. The first-order valence-corrected chi connectivity index (χ1v) is 8.99. The Labute approximate surface area is 163 Å². The van der Waals surface area contributed by atoms with E-state index < -0.39 is 0 Å². The van der Waals surface area contributed by atoms with E-state index in [1.807, 2.05) is 12.1 Å². The molecular weight excluding hydrogens is 362 g/mol. The fourth-order valence-electron chi connectivity index (χ4n) is 3.29. The van der Waals surface area contributed by atoms with Crippen molar-refractivity contribution >= 4 is 17.6 Å². The van der Waals surface area contributed by atoms with E-state index in [2.05, 4.69) is 15.3 Å². The van der Waals surface area contributed by atoms with Crippen LogP contribution in [0, 0.1) is 0 Å². The van der Waals surface area contributed by atoms with Crippen LogP contribution in [0.3, 0.4) is 0 Å². The Morgan fingerprint density at radius 2 is 1.82 bits per heavy atom. The number of amides is 1. The van der Waals surface area contributed by atoms with E-state index >= 15 is 0 Å². The SMILES string of the molecule is CCC(=O)Nc1ncc2c(n1)CC(c1cc(OC)c(OC)c(OC)c1)CC2=O. The summed E-state index contributed by atoms with van der Waals surface area (Å²) >= 11 is 0. The summed E-state index contributed by atoms with van der Waals surface area (Å²) in [4.78, 5) is 32.7. The molecule has 1 atom stereocenters. The number of hydrogen-bond acceptors (Lipinski definition) is 7.